The average Bonchev–Trinajstić information content (AvgIpc) is 3.34. The second-order valence-electron chi connectivity index (χ2n) is 6.40. The van der Waals surface area contributed by atoms with Crippen molar-refractivity contribution >= 4 is 16.6 Å². The zero-order valence-electron chi connectivity index (χ0n) is 14.1. The molecule has 0 fully saturated rings. The summed E-state index contributed by atoms with van der Waals surface area (Å²) in [6, 6.07) is 22.7. The van der Waals surface area contributed by atoms with Crippen LogP contribution in [0.15, 0.2) is 84.3 Å². The van der Waals surface area contributed by atoms with Gasteiger partial charge in [0.25, 0.3) is 0 Å². The molecule has 0 aliphatic carbocycles. The van der Waals surface area contributed by atoms with E-state index in [1.54, 1.807) is 6.20 Å². The fourth-order valence-electron chi connectivity index (χ4n) is 3.57. The van der Waals surface area contributed by atoms with Crippen molar-refractivity contribution in [3.05, 3.63) is 90.3 Å². The molecule has 1 unspecified atom stereocenters. The van der Waals surface area contributed by atoms with Crippen molar-refractivity contribution in [1.29, 1.82) is 0 Å². The van der Waals surface area contributed by atoms with Crippen molar-refractivity contribution in [3.63, 3.8) is 0 Å². The number of benzene rings is 2. The number of hydrogen-bond donors (Lipinski definition) is 1. The molecule has 4 nitrogen and oxygen atoms in total. The first-order chi connectivity index (χ1) is 12.9. The van der Waals surface area contributed by atoms with E-state index in [0.29, 0.717) is 0 Å². The van der Waals surface area contributed by atoms with Crippen LogP contribution in [-0.4, -0.2) is 15.7 Å². The highest BCUT2D eigenvalue weighted by Gasteiger charge is 2.29. The van der Waals surface area contributed by atoms with Crippen molar-refractivity contribution in [2.45, 2.75) is 12.5 Å². The first-order valence-electron chi connectivity index (χ1n) is 8.69. The van der Waals surface area contributed by atoms with Crippen LogP contribution in [0.2, 0.25) is 0 Å². The van der Waals surface area contributed by atoms with Gasteiger partial charge < -0.3 is 9.82 Å². The Hall–Kier alpha value is -3.40. The topological polar surface area (TPSA) is 50.3 Å². The van der Waals surface area contributed by atoms with Crippen LogP contribution in [0.25, 0.3) is 22.2 Å². The molecular formula is C22H17N3O. The number of H-pyrrole nitrogens is 1. The Morgan fingerprint density at radius 2 is 1.69 bits per heavy atom. The van der Waals surface area contributed by atoms with E-state index in [2.05, 4.69) is 57.6 Å². The van der Waals surface area contributed by atoms with Gasteiger partial charge in [-0.15, -0.1) is 0 Å². The summed E-state index contributed by atoms with van der Waals surface area (Å²) in [5.41, 5.74) is 6.47. The van der Waals surface area contributed by atoms with Crippen LogP contribution < -0.4 is 0 Å². The van der Waals surface area contributed by atoms with Gasteiger partial charge in [-0.05, 0) is 23.8 Å². The minimum absolute atomic E-state index is 0.114. The lowest BCUT2D eigenvalue weighted by Crippen LogP contribution is -2.02. The maximum atomic E-state index is 5.87. The third-order valence-electron chi connectivity index (χ3n) is 4.79. The van der Waals surface area contributed by atoms with Crippen LogP contribution in [0.1, 0.15) is 23.7 Å². The molecule has 4 aromatic rings. The largest absolute Gasteiger partial charge is 0.387 e. The molecule has 1 aliphatic heterocycles. The fraction of sp³-hybridized carbons (Fsp3) is 0.0909. The first kappa shape index (κ1) is 14.9. The molecule has 2 aromatic heterocycles. The highest BCUT2D eigenvalue weighted by atomic mass is 16.6. The summed E-state index contributed by atoms with van der Waals surface area (Å²) in [6.45, 7) is 0. The lowest BCUT2D eigenvalue weighted by atomic mass is 9.96. The second kappa shape index (κ2) is 6.15. The molecule has 1 aliphatic rings. The molecule has 2 aromatic carbocycles. The number of nitrogens with one attached hydrogen (secondary N) is 1. The van der Waals surface area contributed by atoms with Crippen LogP contribution in [0, 0.1) is 0 Å². The third-order valence-corrected chi connectivity index (χ3v) is 4.79. The number of hydrogen-bond acceptors (Lipinski definition) is 3. The lowest BCUT2D eigenvalue weighted by Gasteiger charge is -2.11. The number of rotatable bonds is 3. The van der Waals surface area contributed by atoms with Crippen LogP contribution >= 0.6 is 0 Å². The molecule has 0 radical (unpaired) electrons. The summed E-state index contributed by atoms with van der Waals surface area (Å²) >= 11 is 0. The number of aromatic amines is 1. The SMILES string of the molecule is c1ccc(-c2[nH]c3ccccc3c2C2CC(c3cccnc3)=NO2)cc1. The van der Waals surface area contributed by atoms with Crippen LogP contribution in [0.3, 0.4) is 0 Å². The molecule has 0 amide bonds. The Kier molecular flexibility index (Phi) is 3.53. The van der Waals surface area contributed by atoms with Gasteiger partial charge in [-0.1, -0.05) is 53.7 Å². The van der Waals surface area contributed by atoms with E-state index in [-0.39, 0.29) is 6.10 Å². The van der Waals surface area contributed by atoms with E-state index < -0.39 is 0 Å². The van der Waals surface area contributed by atoms with Gasteiger partial charge in [0.05, 0.1) is 11.4 Å². The maximum Gasteiger partial charge on any atom is 0.160 e. The van der Waals surface area contributed by atoms with Crippen LogP contribution in [-0.2, 0) is 4.84 Å². The minimum atomic E-state index is -0.114. The summed E-state index contributed by atoms with van der Waals surface area (Å²) < 4.78 is 0. The predicted octanol–water partition coefficient (Wildman–Crippen LogP) is 5.10. The smallest absolute Gasteiger partial charge is 0.160 e. The van der Waals surface area contributed by atoms with E-state index in [9.17, 15) is 0 Å². The van der Waals surface area contributed by atoms with Gasteiger partial charge in [0.2, 0.25) is 0 Å². The summed E-state index contributed by atoms with van der Waals surface area (Å²) in [4.78, 5) is 13.6. The van der Waals surface area contributed by atoms with Gasteiger partial charge in [-0.2, -0.15) is 0 Å². The fourth-order valence-corrected chi connectivity index (χ4v) is 3.57. The van der Waals surface area contributed by atoms with Gasteiger partial charge in [-0.25, -0.2) is 0 Å². The normalized spacial score (nSPS) is 16.5. The number of nitrogens with zero attached hydrogens (tertiary/aromatic N) is 2. The standard InChI is InChI=1S/C22H17N3O/c1-2-7-15(8-3-1)22-21(17-10-4-5-11-18(17)24-22)20-13-19(25-26-20)16-9-6-12-23-14-16/h1-12,14,20,24H,13H2. The summed E-state index contributed by atoms with van der Waals surface area (Å²) in [6.07, 6.45) is 4.21. The second-order valence-corrected chi connectivity index (χ2v) is 6.40. The van der Waals surface area contributed by atoms with E-state index in [1.807, 2.05) is 30.5 Å². The van der Waals surface area contributed by atoms with Crippen LogP contribution in [0.4, 0.5) is 0 Å². The van der Waals surface area contributed by atoms with Crippen molar-refractivity contribution in [2.75, 3.05) is 0 Å². The molecule has 1 N–H and O–H groups in total. The van der Waals surface area contributed by atoms with Gasteiger partial charge in [0.15, 0.2) is 6.10 Å². The average molecular weight is 339 g/mol. The number of pyridine rings is 1. The molecule has 4 heteroatoms. The zero-order valence-corrected chi connectivity index (χ0v) is 14.1. The van der Waals surface area contributed by atoms with E-state index in [1.165, 1.54) is 5.39 Å². The Balaban J connectivity index is 1.59. The Bertz CT molecular complexity index is 1080. The molecule has 3 heterocycles. The Morgan fingerprint density at radius 1 is 0.885 bits per heavy atom. The molecule has 26 heavy (non-hydrogen) atoms. The number of para-hydroxylation sites is 1. The molecule has 126 valence electrons. The number of aromatic nitrogens is 2. The Morgan fingerprint density at radius 3 is 2.54 bits per heavy atom. The van der Waals surface area contributed by atoms with Gasteiger partial charge in [0, 0.05) is 40.8 Å². The van der Waals surface area contributed by atoms with Crippen molar-refractivity contribution in [3.8, 4) is 11.3 Å². The van der Waals surface area contributed by atoms with Crippen molar-refractivity contribution < 1.29 is 4.84 Å². The monoisotopic (exact) mass is 339 g/mol. The predicted molar refractivity (Wildman–Crippen MR) is 103 cm³/mol. The summed E-state index contributed by atoms with van der Waals surface area (Å²) in [5.74, 6) is 0. The van der Waals surface area contributed by atoms with Crippen molar-refractivity contribution in [2.24, 2.45) is 5.16 Å². The highest BCUT2D eigenvalue weighted by molar-refractivity contribution is 6.02. The highest BCUT2D eigenvalue weighted by Crippen LogP contribution is 2.40. The number of fused-ring (bicyclic) bond motifs is 1. The third kappa shape index (κ3) is 2.47. The molecular weight excluding hydrogens is 322 g/mol. The minimum Gasteiger partial charge on any atom is -0.387 e. The van der Waals surface area contributed by atoms with Gasteiger partial charge in [-0.3, -0.25) is 4.98 Å². The van der Waals surface area contributed by atoms with Crippen LogP contribution in [0.5, 0.6) is 0 Å². The molecule has 0 saturated heterocycles. The lowest BCUT2D eigenvalue weighted by molar-refractivity contribution is 0.0872. The van der Waals surface area contributed by atoms with E-state index in [0.717, 1.165) is 40.0 Å². The maximum absolute atomic E-state index is 5.87. The quantitative estimate of drug-likeness (QED) is 0.565. The Labute approximate surface area is 151 Å². The summed E-state index contributed by atoms with van der Waals surface area (Å²) in [5, 5.41) is 5.53. The number of oxime groups is 1. The van der Waals surface area contributed by atoms with Gasteiger partial charge >= 0.3 is 0 Å². The molecule has 0 spiro atoms. The molecule has 1 atom stereocenters. The molecule has 0 bridgehead atoms. The van der Waals surface area contributed by atoms with E-state index in [4.69, 9.17) is 4.84 Å². The van der Waals surface area contributed by atoms with E-state index >= 15 is 0 Å². The van der Waals surface area contributed by atoms with Gasteiger partial charge in [0.1, 0.15) is 0 Å². The molecule has 0 saturated carbocycles. The first-order valence-corrected chi connectivity index (χ1v) is 8.69. The summed E-state index contributed by atoms with van der Waals surface area (Å²) in [7, 11) is 0. The zero-order chi connectivity index (χ0) is 17.3. The molecule has 5 rings (SSSR count). The van der Waals surface area contributed by atoms with Crippen molar-refractivity contribution in [1.82, 2.24) is 9.97 Å².